The molecule has 8 heteroatoms. The van der Waals surface area contributed by atoms with E-state index in [0.29, 0.717) is 6.54 Å². The lowest BCUT2D eigenvalue weighted by Crippen LogP contribution is -2.55. The minimum absolute atomic E-state index is 0.595. The molecular weight excluding hydrogens is 244 g/mol. The summed E-state index contributed by atoms with van der Waals surface area (Å²) in [5.41, 5.74) is 5.46. The molecule has 0 rings (SSSR count). The predicted octanol–water partition coefficient (Wildman–Crippen LogP) is -0.443. The maximum atomic E-state index is 5.87. The van der Waals surface area contributed by atoms with Gasteiger partial charge in [0.05, 0.1) is 0 Å². The predicted molar refractivity (Wildman–Crippen MR) is 67.2 cm³/mol. The van der Waals surface area contributed by atoms with E-state index in [1.54, 1.807) is 21.3 Å². The van der Waals surface area contributed by atoms with Crippen LogP contribution in [0.5, 0.6) is 0 Å². The summed E-state index contributed by atoms with van der Waals surface area (Å²) in [7, 11) is 0.142. The Bertz CT molecular complexity index is 164. The third-order valence-electron chi connectivity index (χ3n) is 2.10. The average molecular weight is 268 g/mol. The van der Waals surface area contributed by atoms with Crippen molar-refractivity contribution in [3.05, 3.63) is 0 Å². The van der Waals surface area contributed by atoms with Gasteiger partial charge in [0.2, 0.25) is 9.20 Å². The van der Waals surface area contributed by atoms with Crippen molar-refractivity contribution >= 4 is 18.2 Å². The fourth-order valence-electron chi connectivity index (χ4n) is 1.28. The second-order valence-electron chi connectivity index (χ2n) is 3.25. The van der Waals surface area contributed by atoms with Gasteiger partial charge in [-0.1, -0.05) is 13.3 Å². The molecule has 1 atom stereocenters. The van der Waals surface area contributed by atoms with Gasteiger partial charge in [-0.2, -0.15) is 0 Å². The summed E-state index contributed by atoms with van der Waals surface area (Å²) in [5.74, 6) is 0. The highest BCUT2D eigenvalue weighted by atomic mass is 28.5. The van der Waals surface area contributed by atoms with Crippen LogP contribution in [0.15, 0.2) is 0 Å². The lowest BCUT2D eigenvalue weighted by atomic mass is 10.6. The van der Waals surface area contributed by atoms with Crippen molar-refractivity contribution in [2.45, 2.75) is 19.4 Å². The molecule has 6 nitrogen and oxygen atoms in total. The number of nitrogens with one attached hydrogen (secondary N) is 1. The zero-order valence-corrected chi connectivity index (χ0v) is 12.8. The van der Waals surface area contributed by atoms with E-state index in [2.05, 4.69) is 11.9 Å². The summed E-state index contributed by atoms with van der Waals surface area (Å²) < 4.78 is 21.6. The van der Waals surface area contributed by atoms with Crippen LogP contribution < -0.4 is 10.7 Å². The molecular formula is C8H24N2O4Si2. The van der Waals surface area contributed by atoms with Gasteiger partial charge in [-0.25, -0.2) is 0 Å². The van der Waals surface area contributed by atoms with Crippen LogP contribution in [0.25, 0.3) is 0 Å². The number of rotatable bonds is 10. The minimum atomic E-state index is -2.91. The van der Waals surface area contributed by atoms with E-state index < -0.39 is 18.2 Å². The molecule has 0 amide bonds. The first-order valence-corrected chi connectivity index (χ1v) is 8.94. The molecule has 0 aliphatic rings. The number of nitrogens with two attached hydrogens (primary N) is 1. The van der Waals surface area contributed by atoms with Crippen molar-refractivity contribution in [1.29, 1.82) is 0 Å². The van der Waals surface area contributed by atoms with E-state index in [9.17, 15) is 0 Å². The van der Waals surface area contributed by atoms with Gasteiger partial charge in [-0.3, -0.25) is 0 Å². The first kappa shape index (κ1) is 16.2. The standard InChI is InChI=1S/C8H24N2O4Si2/c1-5-8-15(10-7-6-9)14-16(11-2,12-3)13-4/h10,15H,5-9H2,1-4H3. The normalized spacial score (nSPS) is 14.1. The van der Waals surface area contributed by atoms with E-state index in [1.807, 2.05) is 0 Å². The van der Waals surface area contributed by atoms with Crippen LogP contribution in [0.2, 0.25) is 6.04 Å². The Hall–Kier alpha value is 0.194. The molecule has 3 N–H and O–H groups in total. The van der Waals surface area contributed by atoms with Crippen molar-refractivity contribution < 1.29 is 17.4 Å². The van der Waals surface area contributed by atoms with Crippen molar-refractivity contribution in [3.63, 3.8) is 0 Å². The summed E-state index contributed by atoms with van der Waals surface area (Å²) in [5, 5.41) is 0. The quantitative estimate of drug-likeness (QED) is 0.523. The summed E-state index contributed by atoms with van der Waals surface area (Å²) in [4.78, 5) is 3.31. The average Bonchev–Trinajstić information content (AvgIpc) is 2.33. The molecule has 0 aromatic rings. The van der Waals surface area contributed by atoms with Crippen LogP contribution in [-0.4, -0.2) is 52.7 Å². The second-order valence-corrected chi connectivity index (χ2v) is 8.38. The van der Waals surface area contributed by atoms with E-state index in [0.717, 1.165) is 19.0 Å². The zero-order valence-electron chi connectivity index (χ0n) is 10.6. The van der Waals surface area contributed by atoms with Gasteiger partial charge in [-0.05, 0) is 6.04 Å². The van der Waals surface area contributed by atoms with Gasteiger partial charge in [0.25, 0.3) is 0 Å². The molecule has 0 saturated carbocycles. The lowest BCUT2D eigenvalue weighted by Gasteiger charge is -2.28. The molecule has 0 bridgehead atoms. The molecule has 0 aromatic heterocycles. The largest absolute Gasteiger partial charge is 0.668 e. The molecule has 0 aromatic carbocycles. The van der Waals surface area contributed by atoms with Crippen molar-refractivity contribution in [2.24, 2.45) is 5.73 Å². The fraction of sp³-hybridized carbons (Fsp3) is 1.00. The second kappa shape index (κ2) is 9.25. The number of hydrogen-bond acceptors (Lipinski definition) is 6. The molecule has 98 valence electrons. The first-order chi connectivity index (χ1) is 7.67. The van der Waals surface area contributed by atoms with Crippen molar-refractivity contribution in [2.75, 3.05) is 34.4 Å². The topological polar surface area (TPSA) is 75.0 Å². The van der Waals surface area contributed by atoms with Crippen LogP contribution in [0, 0.1) is 0 Å². The lowest BCUT2D eigenvalue weighted by molar-refractivity contribution is 0.0489. The van der Waals surface area contributed by atoms with Gasteiger partial charge < -0.3 is 28.1 Å². The molecule has 0 aliphatic carbocycles. The summed E-state index contributed by atoms with van der Waals surface area (Å²) in [6.07, 6.45) is 1.05. The number of hydrogen-bond donors (Lipinski definition) is 2. The summed E-state index contributed by atoms with van der Waals surface area (Å²) in [6.45, 7) is 3.46. The SMILES string of the molecule is CCC[SiH](NCCN)O[Si](OC)(OC)OC. The van der Waals surface area contributed by atoms with Gasteiger partial charge in [0.1, 0.15) is 0 Å². The molecule has 1 unspecified atom stereocenters. The van der Waals surface area contributed by atoms with Crippen molar-refractivity contribution in [3.8, 4) is 0 Å². The summed E-state index contributed by atoms with van der Waals surface area (Å²) >= 11 is 0. The maximum absolute atomic E-state index is 5.87. The molecule has 0 radical (unpaired) electrons. The Morgan fingerprint density at radius 1 is 1.19 bits per heavy atom. The highest BCUT2D eigenvalue weighted by molar-refractivity contribution is 6.66. The highest BCUT2D eigenvalue weighted by Gasteiger charge is 2.44. The van der Waals surface area contributed by atoms with Crippen LogP contribution in [0.4, 0.5) is 0 Å². The highest BCUT2D eigenvalue weighted by Crippen LogP contribution is 2.11. The van der Waals surface area contributed by atoms with Gasteiger partial charge in [-0.15, -0.1) is 0 Å². The van der Waals surface area contributed by atoms with E-state index >= 15 is 0 Å². The zero-order chi connectivity index (χ0) is 12.4. The monoisotopic (exact) mass is 268 g/mol. The minimum Gasteiger partial charge on any atom is -0.382 e. The Kier molecular flexibility index (Phi) is 9.36. The van der Waals surface area contributed by atoms with Crippen molar-refractivity contribution in [1.82, 2.24) is 4.98 Å². The Morgan fingerprint density at radius 3 is 2.12 bits per heavy atom. The Morgan fingerprint density at radius 2 is 1.75 bits per heavy atom. The fourth-order valence-corrected chi connectivity index (χ4v) is 6.35. The molecule has 0 heterocycles. The van der Waals surface area contributed by atoms with E-state index in [-0.39, 0.29) is 0 Å². The van der Waals surface area contributed by atoms with Gasteiger partial charge in [0, 0.05) is 34.4 Å². The maximum Gasteiger partial charge on any atom is 0.668 e. The van der Waals surface area contributed by atoms with E-state index in [4.69, 9.17) is 23.1 Å². The van der Waals surface area contributed by atoms with Crippen LogP contribution in [-0.2, 0) is 17.4 Å². The van der Waals surface area contributed by atoms with Gasteiger partial charge >= 0.3 is 9.05 Å². The Balaban J connectivity index is 4.31. The molecule has 0 aliphatic heterocycles. The Labute approximate surface area is 101 Å². The summed E-state index contributed by atoms with van der Waals surface area (Å²) in [6, 6.07) is 0.991. The third kappa shape index (κ3) is 5.50. The molecule has 0 spiro atoms. The first-order valence-electron chi connectivity index (χ1n) is 5.44. The third-order valence-corrected chi connectivity index (χ3v) is 7.74. The van der Waals surface area contributed by atoms with Gasteiger partial charge in [0.15, 0.2) is 0 Å². The van der Waals surface area contributed by atoms with E-state index in [1.165, 1.54) is 0 Å². The molecule has 0 saturated heterocycles. The van der Waals surface area contributed by atoms with Crippen LogP contribution in [0.3, 0.4) is 0 Å². The molecule has 16 heavy (non-hydrogen) atoms. The van der Waals surface area contributed by atoms with Crippen LogP contribution >= 0.6 is 0 Å². The molecule has 0 fully saturated rings. The smallest absolute Gasteiger partial charge is 0.382 e. The van der Waals surface area contributed by atoms with Crippen LogP contribution in [0.1, 0.15) is 13.3 Å².